The van der Waals surface area contributed by atoms with Crippen LogP contribution in [0.25, 0.3) is 11.5 Å². The van der Waals surface area contributed by atoms with Crippen molar-refractivity contribution in [2.45, 2.75) is 31.2 Å². The molecule has 0 atom stereocenters. The number of nitrogens with zero attached hydrogens (tertiary/aromatic N) is 3. The first-order valence-electron chi connectivity index (χ1n) is 6.57. The fourth-order valence-electron chi connectivity index (χ4n) is 2.56. The molecular weight excluding hydrogens is 296 g/mol. The minimum Gasteiger partial charge on any atom is -0.334 e. The van der Waals surface area contributed by atoms with Gasteiger partial charge >= 0.3 is 0 Å². The van der Waals surface area contributed by atoms with Crippen LogP contribution in [0.4, 0.5) is 5.69 Å². The summed E-state index contributed by atoms with van der Waals surface area (Å²) >= 11 is 6.05. The van der Waals surface area contributed by atoms with Crippen molar-refractivity contribution in [2.24, 2.45) is 5.73 Å². The molecule has 1 heterocycles. The molecule has 3 rings (SSSR count). The molecule has 2 N–H and O–H groups in total. The third kappa shape index (κ3) is 2.50. The van der Waals surface area contributed by atoms with E-state index >= 15 is 0 Å². The first kappa shape index (κ1) is 14.0. The Balaban J connectivity index is 1.95. The van der Waals surface area contributed by atoms with Crippen molar-refractivity contribution in [3.63, 3.8) is 0 Å². The lowest BCUT2D eigenvalue weighted by Gasteiger charge is -2.17. The summed E-state index contributed by atoms with van der Waals surface area (Å²) < 4.78 is 5.21. The number of aromatic nitrogens is 2. The van der Waals surface area contributed by atoms with Crippen molar-refractivity contribution in [1.29, 1.82) is 0 Å². The topological polar surface area (TPSA) is 108 Å². The number of nitro groups is 1. The molecule has 1 saturated carbocycles. The predicted molar refractivity (Wildman–Crippen MR) is 75.7 cm³/mol. The van der Waals surface area contributed by atoms with Gasteiger partial charge in [-0.25, -0.2) is 0 Å². The van der Waals surface area contributed by atoms with Crippen LogP contribution < -0.4 is 5.73 Å². The summed E-state index contributed by atoms with van der Waals surface area (Å²) in [5.41, 5.74) is 6.09. The van der Waals surface area contributed by atoms with Gasteiger partial charge in [-0.1, -0.05) is 29.6 Å². The summed E-state index contributed by atoms with van der Waals surface area (Å²) in [5, 5.41) is 14.8. The van der Waals surface area contributed by atoms with E-state index in [9.17, 15) is 10.1 Å². The Morgan fingerprint density at radius 2 is 2.10 bits per heavy atom. The van der Waals surface area contributed by atoms with Crippen molar-refractivity contribution in [3.8, 4) is 11.5 Å². The van der Waals surface area contributed by atoms with E-state index in [4.69, 9.17) is 21.9 Å². The molecule has 0 saturated heterocycles. The number of rotatable bonds is 3. The number of nitro benzene ring substituents is 1. The zero-order chi connectivity index (χ0) is 15.0. The van der Waals surface area contributed by atoms with Crippen LogP contribution >= 0.6 is 11.6 Å². The van der Waals surface area contributed by atoms with E-state index in [0.717, 1.165) is 25.7 Å². The highest BCUT2D eigenvalue weighted by Crippen LogP contribution is 2.36. The Bertz CT molecular complexity index is 694. The van der Waals surface area contributed by atoms with Crippen LogP contribution in [0.3, 0.4) is 0 Å². The Morgan fingerprint density at radius 1 is 1.38 bits per heavy atom. The standard InChI is InChI=1S/C13H13ClN4O3/c14-10-7-8(18(19)20)3-4-9(10)11-16-12(17-21-11)13(15)5-1-2-6-13/h3-4,7H,1-2,5-6,15H2. The number of nitrogens with two attached hydrogens (primary N) is 1. The molecule has 1 fully saturated rings. The minimum absolute atomic E-state index is 0.0884. The van der Waals surface area contributed by atoms with E-state index in [0.29, 0.717) is 11.4 Å². The molecule has 0 amide bonds. The van der Waals surface area contributed by atoms with E-state index in [1.807, 2.05) is 0 Å². The van der Waals surface area contributed by atoms with Crippen LogP contribution in [0.5, 0.6) is 0 Å². The van der Waals surface area contributed by atoms with Crippen LogP contribution in [-0.4, -0.2) is 15.1 Å². The number of hydrogen-bond donors (Lipinski definition) is 1. The lowest BCUT2D eigenvalue weighted by molar-refractivity contribution is -0.384. The third-order valence-corrected chi connectivity index (χ3v) is 4.07. The number of hydrogen-bond acceptors (Lipinski definition) is 6. The molecule has 0 spiro atoms. The molecule has 7 nitrogen and oxygen atoms in total. The fourth-order valence-corrected chi connectivity index (χ4v) is 2.81. The van der Waals surface area contributed by atoms with Gasteiger partial charge in [-0.3, -0.25) is 10.1 Å². The summed E-state index contributed by atoms with van der Waals surface area (Å²) in [6.45, 7) is 0. The zero-order valence-electron chi connectivity index (χ0n) is 11.1. The fraction of sp³-hybridized carbons (Fsp3) is 0.385. The Morgan fingerprint density at radius 3 is 2.71 bits per heavy atom. The van der Waals surface area contributed by atoms with Crippen molar-refractivity contribution in [2.75, 3.05) is 0 Å². The Labute approximate surface area is 125 Å². The second-order valence-corrected chi connectivity index (χ2v) is 5.61. The lowest BCUT2D eigenvalue weighted by Crippen LogP contribution is -2.34. The van der Waals surface area contributed by atoms with Crippen LogP contribution in [-0.2, 0) is 5.54 Å². The van der Waals surface area contributed by atoms with Gasteiger partial charge in [0.15, 0.2) is 5.82 Å². The summed E-state index contributed by atoms with van der Waals surface area (Å²) in [6.07, 6.45) is 3.72. The highest BCUT2D eigenvalue weighted by atomic mass is 35.5. The molecule has 1 aliphatic rings. The van der Waals surface area contributed by atoms with E-state index < -0.39 is 10.5 Å². The molecule has 8 heteroatoms. The molecular formula is C13H13ClN4O3. The second kappa shape index (κ2) is 5.09. The van der Waals surface area contributed by atoms with Crippen molar-refractivity contribution in [1.82, 2.24) is 10.1 Å². The quantitative estimate of drug-likeness (QED) is 0.689. The Kier molecular flexibility index (Phi) is 3.38. The molecule has 21 heavy (non-hydrogen) atoms. The van der Waals surface area contributed by atoms with Crippen LogP contribution in [0.1, 0.15) is 31.5 Å². The third-order valence-electron chi connectivity index (χ3n) is 3.76. The molecule has 0 aliphatic heterocycles. The Hall–Kier alpha value is -1.99. The van der Waals surface area contributed by atoms with Crippen molar-refractivity contribution < 1.29 is 9.45 Å². The first-order chi connectivity index (χ1) is 9.99. The monoisotopic (exact) mass is 308 g/mol. The maximum atomic E-state index is 10.7. The van der Waals surface area contributed by atoms with E-state index in [1.165, 1.54) is 18.2 Å². The zero-order valence-corrected chi connectivity index (χ0v) is 11.8. The van der Waals surface area contributed by atoms with Crippen molar-refractivity contribution in [3.05, 3.63) is 39.2 Å². The SMILES string of the molecule is NC1(c2noc(-c3ccc([N+](=O)[O-])cc3Cl)n2)CCCC1. The van der Waals surface area contributed by atoms with Gasteiger partial charge in [0.1, 0.15) is 0 Å². The maximum Gasteiger partial charge on any atom is 0.270 e. The van der Waals surface area contributed by atoms with Crippen molar-refractivity contribution >= 4 is 17.3 Å². The van der Waals surface area contributed by atoms with Crippen LogP contribution in [0, 0.1) is 10.1 Å². The highest BCUT2D eigenvalue weighted by molar-refractivity contribution is 6.33. The highest BCUT2D eigenvalue weighted by Gasteiger charge is 2.36. The molecule has 0 radical (unpaired) electrons. The first-order valence-corrected chi connectivity index (χ1v) is 6.95. The predicted octanol–water partition coefficient (Wildman–Crippen LogP) is 3.03. The molecule has 110 valence electrons. The number of benzene rings is 1. The van der Waals surface area contributed by atoms with E-state index in [-0.39, 0.29) is 16.6 Å². The molecule has 1 aromatic heterocycles. The summed E-state index contributed by atoms with van der Waals surface area (Å²) in [7, 11) is 0. The molecule has 2 aromatic rings. The molecule has 0 unspecified atom stereocenters. The minimum atomic E-state index is -0.547. The van der Waals surface area contributed by atoms with Gasteiger partial charge in [-0.15, -0.1) is 0 Å². The van der Waals surface area contributed by atoms with Crippen LogP contribution in [0.15, 0.2) is 22.7 Å². The summed E-state index contributed by atoms with van der Waals surface area (Å²) in [4.78, 5) is 14.5. The molecule has 1 aliphatic carbocycles. The summed E-state index contributed by atoms with van der Waals surface area (Å²) in [6, 6.07) is 4.10. The van der Waals surface area contributed by atoms with Gasteiger partial charge in [0.05, 0.1) is 21.0 Å². The largest absolute Gasteiger partial charge is 0.334 e. The second-order valence-electron chi connectivity index (χ2n) is 5.21. The van der Waals surface area contributed by atoms with Gasteiger partial charge in [0.2, 0.25) is 0 Å². The molecule has 0 bridgehead atoms. The smallest absolute Gasteiger partial charge is 0.270 e. The van der Waals surface area contributed by atoms with E-state index in [2.05, 4.69) is 10.1 Å². The van der Waals surface area contributed by atoms with Gasteiger partial charge in [0, 0.05) is 12.1 Å². The average Bonchev–Trinajstić information content (AvgIpc) is 3.08. The average molecular weight is 309 g/mol. The number of non-ortho nitro benzene ring substituents is 1. The molecule has 1 aromatic carbocycles. The van der Waals surface area contributed by atoms with Crippen LogP contribution in [0.2, 0.25) is 5.02 Å². The summed E-state index contributed by atoms with van der Waals surface area (Å²) in [5.74, 6) is 0.686. The van der Waals surface area contributed by atoms with Gasteiger partial charge in [-0.05, 0) is 18.9 Å². The van der Waals surface area contributed by atoms with E-state index in [1.54, 1.807) is 0 Å². The maximum absolute atomic E-state index is 10.7. The van der Waals surface area contributed by atoms with Gasteiger partial charge < -0.3 is 10.3 Å². The van der Waals surface area contributed by atoms with Gasteiger partial charge in [0.25, 0.3) is 11.6 Å². The normalized spacial score (nSPS) is 17.0. The lowest BCUT2D eigenvalue weighted by atomic mass is 9.99. The number of halogens is 1. The van der Waals surface area contributed by atoms with Gasteiger partial charge in [-0.2, -0.15) is 4.98 Å².